The third-order valence-electron chi connectivity index (χ3n) is 2.71. The van der Waals surface area contributed by atoms with Gasteiger partial charge < -0.3 is 15.2 Å². The molecular weight excluding hydrogens is 298 g/mol. The summed E-state index contributed by atoms with van der Waals surface area (Å²) in [4.78, 5) is 13.0. The van der Waals surface area contributed by atoms with Crippen LogP contribution in [0.25, 0.3) is 0 Å². The second kappa shape index (κ2) is 6.46. The summed E-state index contributed by atoms with van der Waals surface area (Å²) in [5, 5.41) is 20.5. The van der Waals surface area contributed by atoms with Gasteiger partial charge in [0.2, 0.25) is 10.0 Å². The number of sulfonamides is 1. The van der Waals surface area contributed by atoms with Gasteiger partial charge in [-0.2, -0.15) is 0 Å². The second-order valence-corrected chi connectivity index (χ2v) is 7.30. The van der Waals surface area contributed by atoms with Crippen molar-refractivity contribution in [3.05, 3.63) is 28.4 Å². The van der Waals surface area contributed by atoms with Gasteiger partial charge in [0.15, 0.2) is 6.20 Å². The van der Waals surface area contributed by atoms with Crippen LogP contribution in [-0.4, -0.2) is 35.6 Å². The van der Waals surface area contributed by atoms with Crippen LogP contribution in [0.3, 0.4) is 0 Å². The molecule has 118 valence electrons. The molecule has 0 bridgehead atoms. The fourth-order valence-electron chi connectivity index (χ4n) is 1.92. The third-order valence-corrected chi connectivity index (χ3v) is 4.10. The Bertz CT molecular complexity index is 596. The van der Waals surface area contributed by atoms with Crippen molar-refractivity contribution in [1.82, 2.24) is 9.71 Å². The van der Waals surface area contributed by atoms with Gasteiger partial charge in [0.05, 0.1) is 5.60 Å². The molecule has 0 fully saturated rings. The molecule has 8 nitrogen and oxygen atoms in total. The van der Waals surface area contributed by atoms with E-state index >= 15 is 0 Å². The molecule has 0 saturated carbocycles. The topological polar surface area (TPSA) is 122 Å². The maximum atomic E-state index is 12.0. The van der Waals surface area contributed by atoms with E-state index in [1.807, 2.05) is 13.8 Å². The van der Waals surface area contributed by atoms with Gasteiger partial charge in [-0.3, -0.25) is 0 Å². The van der Waals surface area contributed by atoms with E-state index in [1.54, 1.807) is 6.92 Å². The van der Waals surface area contributed by atoms with Gasteiger partial charge in [-0.1, -0.05) is 13.8 Å². The number of hydrogen-bond donors (Lipinski definition) is 2. The lowest BCUT2D eigenvalue weighted by Crippen LogP contribution is -2.41. The zero-order valence-corrected chi connectivity index (χ0v) is 12.9. The highest BCUT2D eigenvalue weighted by Gasteiger charge is 2.26. The molecule has 0 saturated heterocycles. The molecule has 1 unspecified atom stereocenters. The summed E-state index contributed by atoms with van der Waals surface area (Å²) in [6.45, 7) is 5.24. The van der Waals surface area contributed by atoms with E-state index in [4.69, 9.17) is 0 Å². The molecule has 2 N–H and O–H groups in total. The van der Waals surface area contributed by atoms with Crippen LogP contribution >= 0.6 is 0 Å². The van der Waals surface area contributed by atoms with E-state index < -0.39 is 26.4 Å². The molecule has 0 aliphatic carbocycles. The van der Waals surface area contributed by atoms with Crippen molar-refractivity contribution < 1.29 is 18.4 Å². The summed E-state index contributed by atoms with van der Waals surface area (Å²) >= 11 is 0. The lowest BCUT2D eigenvalue weighted by molar-refractivity contribution is -0.389. The van der Waals surface area contributed by atoms with E-state index in [0.717, 1.165) is 18.3 Å². The first-order chi connectivity index (χ1) is 9.53. The van der Waals surface area contributed by atoms with Gasteiger partial charge in [-0.15, -0.1) is 0 Å². The first kappa shape index (κ1) is 17.5. The molecule has 1 aromatic heterocycles. The number of nitrogens with zero attached hydrogens (tertiary/aromatic N) is 2. The van der Waals surface area contributed by atoms with Crippen molar-refractivity contribution in [3.63, 3.8) is 0 Å². The second-order valence-electron chi connectivity index (χ2n) is 5.53. The summed E-state index contributed by atoms with van der Waals surface area (Å²) in [7, 11) is -3.87. The molecule has 0 aromatic carbocycles. The molecule has 0 spiro atoms. The zero-order valence-electron chi connectivity index (χ0n) is 12.1. The van der Waals surface area contributed by atoms with Crippen LogP contribution in [-0.2, 0) is 10.0 Å². The zero-order chi connectivity index (χ0) is 16.3. The average molecular weight is 317 g/mol. The van der Waals surface area contributed by atoms with E-state index in [-0.39, 0.29) is 17.4 Å². The molecule has 0 amide bonds. The van der Waals surface area contributed by atoms with Gasteiger partial charge in [0, 0.05) is 12.6 Å². The normalized spacial score (nSPS) is 14.9. The van der Waals surface area contributed by atoms with Crippen molar-refractivity contribution in [1.29, 1.82) is 0 Å². The molecule has 9 heteroatoms. The Hall–Kier alpha value is -1.58. The van der Waals surface area contributed by atoms with Gasteiger partial charge in [-0.25, -0.2) is 13.1 Å². The Morgan fingerprint density at radius 2 is 2.10 bits per heavy atom. The molecule has 1 aromatic rings. The Morgan fingerprint density at radius 3 is 2.52 bits per heavy atom. The maximum Gasteiger partial charge on any atom is 0.363 e. The molecular formula is C12H19N3O5S. The summed E-state index contributed by atoms with van der Waals surface area (Å²) < 4.78 is 26.3. The number of rotatable bonds is 7. The van der Waals surface area contributed by atoms with Crippen LogP contribution < -0.4 is 4.72 Å². The van der Waals surface area contributed by atoms with Crippen LogP contribution in [0, 0.1) is 16.0 Å². The van der Waals surface area contributed by atoms with Crippen molar-refractivity contribution in [3.8, 4) is 0 Å². The predicted octanol–water partition coefficient (Wildman–Crippen LogP) is 1.07. The van der Waals surface area contributed by atoms with Crippen molar-refractivity contribution in [2.45, 2.75) is 37.7 Å². The number of pyridine rings is 1. The molecule has 1 atom stereocenters. The largest absolute Gasteiger partial charge is 0.389 e. The molecule has 21 heavy (non-hydrogen) atoms. The van der Waals surface area contributed by atoms with Crippen molar-refractivity contribution in [2.24, 2.45) is 5.92 Å². The van der Waals surface area contributed by atoms with E-state index in [0.29, 0.717) is 6.42 Å². The van der Waals surface area contributed by atoms with Crippen LogP contribution in [0.15, 0.2) is 23.2 Å². The fourth-order valence-corrected chi connectivity index (χ4v) is 3.03. The monoisotopic (exact) mass is 317 g/mol. The smallest absolute Gasteiger partial charge is 0.363 e. The number of hydrogen-bond acceptors (Lipinski definition) is 6. The summed E-state index contributed by atoms with van der Waals surface area (Å²) in [5.41, 5.74) is -1.17. The minimum atomic E-state index is -3.87. The van der Waals surface area contributed by atoms with Gasteiger partial charge in [0.25, 0.3) is 0 Å². The van der Waals surface area contributed by atoms with Gasteiger partial charge >= 0.3 is 5.82 Å². The first-order valence-electron chi connectivity index (χ1n) is 6.36. The number of nitrogens with one attached hydrogen (secondary N) is 1. The number of nitro groups is 1. The van der Waals surface area contributed by atoms with Crippen LogP contribution in [0.1, 0.15) is 27.2 Å². The molecule has 0 aliphatic rings. The van der Waals surface area contributed by atoms with Crippen LogP contribution in [0.4, 0.5) is 5.82 Å². The molecule has 0 aliphatic heterocycles. The van der Waals surface area contributed by atoms with Gasteiger partial charge in [-0.05, 0) is 35.2 Å². The van der Waals surface area contributed by atoms with Crippen LogP contribution in [0.2, 0.25) is 0 Å². The quantitative estimate of drug-likeness (QED) is 0.573. The number of aliphatic hydroxyl groups is 1. The number of aromatic nitrogens is 1. The van der Waals surface area contributed by atoms with E-state index in [1.165, 1.54) is 0 Å². The highest BCUT2D eigenvalue weighted by Crippen LogP contribution is 2.17. The minimum absolute atomic E-state index is 0.148. The SMILES string of the molecule is CC(C)CC(C)(O)CNS(=O)(=O)c1ccc([N+](=O)[O-])nc1. The highest BCUT2D eigenvalue weighted by molar-refractivity contribution is 7.89. The Balaban J connectivity index is 2.80. The Morgan fingerprint density at radius 1 is 1.48 bits per heavy atom. The minimum Gasteiger partial charge on any atom is -0.389 e. The lowest BCUT2D eigenvalue weighted by atomic mass is 9.95. The molecule has 1 heterocycles. The Labute approximate surface area is 123 Å². The first-order valence-corrected chi connectivity index (χ1v) is 7.84. The Kier molecular flexibility index (Phi) is 5.37. The van der Waals surface area contributed by atoms with E-state index in [9.17, 15) is 23.6 Å². The van der Waals surface area contributed by atoms with Crippen molar-refractivity contribution in [2.75, 3.05) is 6.54 Å². The molecule has 1 rings (SSSR count). The summed E-state index contributed by atoms with van der Waals surface area (Å²) in [6, 6.07) is 2.12. The van der Waals surface area contributed by atoms with E-state index in [2.05, 4.69) is 9.71 Å². The summed E-state index contributed by atoms with van der Waals surface area (Å²) in [5.74, 6) is -0.216. The summed E-state index contributed by atoms with van der Waals surface area (Å²) in [6.07, 6.45) is 1.35. The molecule has 0 radical (unpaired) electrons. The fraction of sp³-hybridized carbons (Fsp3) is 0.583. The highest BCUT2D eigenvalue weighted by atomic mass is 32.2. The van der Waals surface area contributed by atoms with Gasteiger partial charge in [0.1, 0.15) is 4.90 Å². The lowest BCUT2D eigenvalue weighted by Gasteiger charge is -2.25. The standard InChI is InChI=1S/C12H19N3O5S/c1-9(2)6-12(3,16)8-14-21(19,20)10-4-5-11(13-7-10)15(17)18/h4-5,7,9,14,16H,6,8H2,1-3H3. The van der Waals surface area contributed by atoms with Crippen LogP contribution in [0.5, 0.6) is 0 Å². The average Bonchev–Trinajstić information content (AvgIpc) is 2.35. The predicted molar refractivity (Wildman–Crippen MR) is 76.2 cm³/mol. The van der Waals surface area contributed by atoms with Crippen molar-refractivity contribution >= 4 is 15.8 Å². The maximum absolute atomic E-state index is 12.0. The third kappa shape index (κ3) is 5.37.